The summed E-state index contributed by atoms with van der Waals surface area (Å²) in [4.78, 5) is 13.6. The minimum Gasteiger partial charge on any atom is -0.335 e. The first-order valence-electron chi connectivity index (χ1n) is 6.04. The fourth-order valence-electron chi connectivity index (χ4n) is 1.94. The van der Waals surface area contributed by atoms with E-state index < -0.39 is 0 Å². The predicted molar refractivity (Wildman–Crippen MR) is 62.0 cm³/mol. The van der Waals surface area contributed by atoms with Crippen molar-refractivity contribution in [2.24, 2.45) is 0 Å². The van der Waals surface area contributed by atoms with Gasteiger partial charge in [-0.1, -0.05) is 0 Å². The van der Waals surface area contributed by atoms with Crippen molar-refractivity contribution in [2.75, 3.05) is 26.2 Å². The molecule has 0 aliphatic carbocycles. The number of nitrogens with zero attached hydrogens (tertiary/aromatic N) is 1. The smallest absolute Gasteiger partial charge is 0.317 e. The molecule has 0 bridgehead atoms. The van der Waals surface area contributed by atoms with Gasteiger partial charge in [-0.15, -0.1) is 0 Å². The molecule has 1 saturated heterocycles. The third kappa shape index (κ3) is 4.08. The van der Waals surface area contributed by atoms with Crippen molar-refractivity contribution in [1.29, 1.82) is 0 Å². The maximum atomic E-state index is 11.8. The molecule has 15 heavy (non-hydrogen) atoms. The van der Waals surface area contributed by atoms with E-state index in [0.717, 1.165) is 45.4 Å². The summed E-state index contributed by atoms with van der Waals surface area (Å²) < 4.78 is 0. The first-order valence-corrected chi connectivity index (χ1v) is 6.04. The number of rotatable bonds is 3. The van der Waals surface area contributed by atoms with E-state index in [2.05, 4.69) is 10.6 Å². The van der Waals surface area contributed by atoms with Crippen LogP contribution in [0.15, 0.2) is 0 Å². The Bertz CT molecular complexity index is 184. The Labute approximate surface area is 92.4 Å². The molecule has 1 heterocycles. The molecule has 0 saturated carbocycles. The molecule has 1 aliphatic rings. The van der Waals surface area contributed by atoms with E-state index in [4.69, 9.17) is 0 Å². The molecule has 0 aromatic heterocycles. The average molecular weight is 213 g/mol. The van der Waals surface area contributed by atoms with Crippen LogP contribution in [0.2, 0.25) is 0 Å². The lowest BCUT2D eigenvalue weighted by Gasteiger charge is -2.23. The summed E-state index contributed by atoms with van der Waals surface area (Å²) in [6, 6.07) is 0.444. The molecule has 0 aromatic rings. The highest BCUT2D eigenvalue weighted by Gasteiger charge is 2.16. The van der Waals surface area contributed by atoms with Gasteiger partial charge in [0.15, 0.2) is 0 Å². The third-order valence-electron chi connectivity index (χ3n) is 2.95. The lowest BCUT2D eigenvalue weighted by molar-refractivity contribution is 0.198. The highest BCUT2D eigenvalue weighted by molar-refractivity contribution is 5.74. The van der Waals surface area contributed by atoms with E-state index in [1.165, 1.54) is 0 Å². The molecule has 2 N–H and O–H groups in total. The number of amides is 2. The number of hydrogen-bond acceptors (Lipinski definition) is 2. The summed E-state index contributed by atoms with van der Waals surface area (Å²) in [6.45, 7) is 7.69. The van der Waals surface area contributed by atoms with Crippen LogP contribution in [0.5, 0.6) is 0 Å². The monoisotopic (exact) mass is 213 g/mol. The van der Waals surface area contributed by atoms with Crippen molar-refractivity contribution in [1.82, 2.24) is 15.5 Å². The molecule has 1 atom stereocenters. The van der Waals surface area contributed by atoms with Gasteiger partial charge in [0.2, 0.25) is 0 Å². The number of nitrogens with one attached hydrogen (secondary N) is 2. The Kier molecular flexibility index (Phi) is 5.47. The number of carbonyl (C=O) groups excluding carboxylic acids is 1. The van der Waals surface area contributed by atoms with Crippen LogP contribution in [0.4, 0.5) is 4.79 Å². The van der Waals surface area contributed by atoms with Crippen molar-refractivity contribution >= 4 is 6.03 Å². The Morgan fingerprint density at radius 2 is 2.07 bits per heavy atom. The van der Waals surface area contributed by atoms with Gasteiger partial charge >= 0.3 is 6.03 Å². The lowest BCUT2D eigenvalue weighted by Crippen LogP contribution is -2.44. The highest BCUT2D eigenvalue weighted by atomic mass is 16.2. The molecule has 88 valence electrons. The topological polar surface area (TPSA) is 44.4 Å². The lowest BCUT2D eigenvalue weighted by atomic mass is 10.1. The fraction of sp³-hybridized carbons (Fsp3) is 0.909. The fourth-order valence-corrected chi connectivity index (χ4v) is 1.94. The standard InChI is InChI=1S/C11H23N3O/c1-3-14(4-2)11(15)13-10-6-5-8-12-9-7-10/h10,12H,3-9H2,1-2H3,(H,13,15). The molecule has 0 spiro atoms. The summed E-state index contributed by atoms with van der Waals surface area (Å²) in [7, 11) is 0. The normalized spacial score (nSPS) is 21.9. The van der Waals surface area contributed by atoms with Crippen LogP contribution in [-0.4, -0.2) is 43.2 Å². The molecule has 4 heteroatoms. The summed E-state index contributed by atoms with van der Waals surface area (Å²) in [6.07, 6.45) is 3.30. The molecular formula is C11H23N3O. The van der Waals surface area contributed by atoms with Crippen LogP contribution < -0.4 is 10.6 Å². The maximum absolute atomic E-state index is 11.8. The van der Waals surface area contributed by atoms with Crippen molar-refractivity contribution in [3.8, 4) is 0 Å². The SMILES string of the molecule is CCN(CC)C(=O)NC1CCCNCC1. The van der Waals surface area contributed by atoms with Gasteiger partial charge in [-0.2, -0.15) is 0 Å². The summed E-state index contributed by atoms with van der Waals surface area (Å²) >= 11 is 0. The van der Waals surface area contributed by atoms with Gasteiger partial charge in [-0.3, -0.25) is 0 Å². The van der Waals surface area contributed by atoms with Crippen molar-refractivity contribution in [3.05, 3.63) is 0 Å². The predicted octanol–water partition coefficient (Wildman–Crippen LogP) is 1.18. The molecular weight excluding hydrogens is 190 g/mol. The van der Waals surface area contributed by atoms with Crippen molar-refractivity contribution in [2.45, 2.75) is 39.2 Å². The van der Waals surface area contributed by atoms with Gasteiger partial charge < -0.3 is 15.5 Å². The van der Waals surface area contributed by atoms with Crippen LogP contribution in [0.1, 0.15) is 33.1 Å². The largest absolute Gasteiger partial charge is 0.335 e. The minimum absolute atomic E-state index is 0.0897. The van der Waals surface area contributed by atoms with Gasteiger partial charge in [-0.05, 0) is 46.2 Å². The summed E-state index contributed by atoms with van der Waals surface area (Å²) in [5.41, 5.74) is 0. The van der Waals surface area contributed by atoms with Gasteiger partial charge in [0.25, 0.3) is 0 Å². The Balaban J connectivity index is 2.34. The van der Waals surface area contributed by atoms with Crippen LogP contribution >= 0.6 is 0 Å². The van der Waals surface area contributed by atoms with E-state index in [1.807, 2.05) is 18.7 Å². The molecule has 4 nitrogen and oxygen atoms in total. The van der Waals surface area contributed by atoms with Gasteiger partial charge in [-0.25, -0.2) is 4.79 Å². The first kappa shape index (κ1) is 12.3. The van der Waals surface area contributed by atoms with Crippen LogP contribution in [0.3, 0.4) is 0 Å². The molecule has 1 unspecified atom stereocenters. The second kappa shape index (κ2) is 6.67. The summed E-state index contributed by atoms with van der Waals surface area (Å²) in [5.74, 6) is 0. The summed E-state index contributed by atoms with van der Waals surface area (Å²) in [5, 5.41) is 6.45. The van der Waals surface area contributed by atoms with E-state index in [9.17, 15) is 4.79 Å². The Morgan fingerprint density at radius 3 is 2.73 bits per heavy atom. The van der Waals surface area contributed by atoms with Crippen molar-refractivity contribution in [3.63, 3.8) is 0 Å². The second-order valence-electron chi connectivity index (χ2n) is 4.00. The first-order chi connectivity index (χ1) is 7.27. The van der Waals surface area contributed by atoms with Crippen LogP contribution in [0, 0.1) is 0 Å². The van der Waals surface area contributed by atoms with E-state index in [-0.39, 0.29) is 6.03 Å². The molecule has 1 aliphatic heterocycles. The van der Waals surface area contributed by atoms with Gasteiger partial charge in [0.1, 0.15) is 0 Å². The van der Waals surface area contributed by atoms with Gasteiger partial charge in [0.05, 0.1) is 0 Å². The Morgan fingerprint density at radius 1 is 1.33 bits per heavy atom. The number of hydrogen-bond donors (Lipinski definition) is 2. The molecule has 0 radical (unpaired) electrons. The molecule has 0 aromatic carbocycles. The highest BCUT2D eigenvalue weighted by Crippen LogP contribution is 2.05. The van der Waals surface area contributed by atoms with Gasteiger partial charge in [0, 0.05) is 19.1 Å². The van der Waals surface area contributed by atoms with E-state index in [0.29, 0.717) is 6.04 Å². The molecule has 2 amide bonds. The molecule has 1 fully saturated rings. The zero-order valence-electron chi connectivity index (χ0n) is 9.88. The second-order valence-corrected chi connectivity index (χ2v) is 4.00. The quantitative estimate of drug-likeness (QED) is 0.739. The molecule has 1 rings (SSSR count). The minimum atomic E-state index is 0.0897. The number of urea groups is 1. The number of carbonyl (C=O) groups is 1. The third-order valence-corrected chi connectivity index (χ3v) is 2.95. The van der Waals surface area contributed by atoms with Crippen molar-refractivity contribution < 1.29 is 4.79 Å². The van der Waals surface area contributed by atoms with Crippen LogP contribution in [-0.2, 0) is 0 Å². The Hall–Kier alpha value is -0.770. The van der Waals surface area contributed by atoms with E-state index in [1.54, 1.807) is 0 Å². The maximum Gasteiger partial charge on any atom is 0.317 e. The zero-order valence-corrected chi connectivity index (χ0v) is 9.88. The average Bonchev–Trinajstić information content (AvgIpc) is 2.48. The van der Waals surface area contributed by atoms with Crippen LogP contribution in [0.25, 0.3) is 0 Å². The zero-order chi connectivity index (χ0) is 11.1. The van der Waals surface area contributed by atoms with E-state index >= 15 is 0 Å².